The summed E-state index contributed by atoms with van der Waals surface area (Å²) >= 11 is 0. The van der Waals surface area contributed by atoms with Crippen LogP contribution in [0.2, 0.25) is 0 Å². The molecule has 4 amide bonds. The highest BCUT2D eigenvalue weighted by atomic mass is 16.5. The van der Waals surface area contributed by atoms with Gasteiger partial charge in [-0.3, -0.25) is 24.5 Å². The Morgan fingerprint density at radius 2 is 1.94 bits per heavy atom. The average Bonchev–Trinajstić information content (AvgIpc) is 3.06. The molecule has 176 valence electrons. The summed E-state index contributed by atoms with van der Waals surface area (Å²) < 4.78 is 45.0. The van der Waals surface area contributed by atoms with E-state index in [1.54, 1.807) is 17.0 Å². The Morgan fingerprint density at radius 3 is 2.71 bits per heavy atom. The number of fused-ring (bicyclic) bond motifs is 1. The molecule has 0 radical (unpaired) electrons. The lowest BCUT2D eigenvalue weighted by Crippen LogP contribution is -2.52. The maximum absolute atomic E-state index is 13.2. The molecule has 0 saturated carbocycles. The fourth-order valence-corrected chi connectivity index (χ4v) is 4.10. The van der Waals surface area contributed by atoms with Gasteiger partial charge in [-0.05, 0) is 29.7 Å². The molecule has 2 fully saturated rings. The number of carbonyl (C=O) groups is 4. The minimum absolute atomic E-state index is 0.0377. The maximum Gasteiger partial charge on any atom is 0.255 e. The minimum atomic E-state index is -2.51. The second kappa shape index (κ2) is 9.26. The largest absolute Gasteiger partial charge is 0.489 e. The van der Waals surface area contributed by atoms with Gasteiger partial charge in [0, 0.05) is 30.6 Å². The number of imide groups is 1. The van der Waals surface area contributed by atoms with Crippen LogP contribution in [0.15, 0.2) is 42.4 Å². The van der Waals surface area contributed by atoms with Crippen molar-refractivity contribution in [3.8, 4) is 5.75 Å². The summed E-state index contributed by atoms with van der Waals surface area (Å²) in [5.41, 5.74) is 1.23. The van der Waals surface area contributed by atoms with E-state index in [-0.39, 0.29) is 60.9 Å². The minimum Gasteiger partial charge on any atom is -0.489 e. The molecular formula is C25H25N3O6. The summed E-state index contributed by atoms with van der Waals surface area (Å²) in [7, 11) is 0. The predicted octanol–water partition coefficient (Wildman–Crippen LogP) is 1.39. The van der Waals surface area contributed by atoms with Gasteiger partial charge >= 0.3 is 0 Å². The van der Waals surface area contributed by atoms with Gasteiger partial charge in [-0.2, -0.15) is 0 Å². The van der Waals surface area contributed by atoms with Gasteiger partial charge in [0.15, 0.2) is 0 Å². The number of hydrogen-bond acceptors (Lipinski definition) is 6. The van der Waals surface area contributed by atoms with Crippen LogP contribution < -0.4 is 10.1 Å². The van der Waals surface area contributed by atoms with Crippen molar-refractivity contribution in [3.05, 3.63) is 64.7 Å². The predicted molar refractivity (Wildman–Crippen MR) is 119 cm³/mol. The second-order valence-electron chi connectivity index (χ2n) is 8.26. The topological polar surface area (TPSA) is 105 Å². The normalized spacial score (nSPS) is 23.6. The third-order valence-electron chi connectivity index (χ3n) is 5.97. The zero-order chi connectivity index (χ0) is 27.2. The molecule has 2 aromatic rings. The molecule has 3 aliphatic heterocycles. The standard InChI is InChI=1S/C25H25N3O6/c29-22-9-8-20(24(31)26-22)28-13-19-18(25(28)32)2-1-3-21(19)34-14-17-6-4-16(5-7-17)12-27-10-11-33-15-23(27)30/h1-7,20H,8-15H2,(H,26,29,31)/i1D,3D,13D2. The lowest BCUT2D eigenvalue weighted by Gasteiger charge is -2.29. The molecule has 5 rings (SSSR count). The first kappa shape index (κ1) is 17.7. The molecule has 3 heterocycles. The summed E-state index contributed by atoms with van der Waals surface area (Å²) in [6.45, 7) is -1.07. The SMILES string of the molecule is [2H]c1cc2c(c(OCc3ccc(CN4CCOCC4=O)cc3)c1[2H])C([2H])([2H])N(C1CCC(=O)NC1=O)C2=O. The van der Waals surface area contributed by atoms with Gasteiger partial charge in [-0.25, -0.2) is 0 Å². The first-order valence-corrected chi connectivity index (χ1v) is 11.0. The van der Waals surface area contributed by atoms with Crippen LogP contribution in [-0.2, 0) is 38.8 Å². The van der Waals surface area contributed by atoms with Crippen molar-refractivity contribution in [2.45, 2.75) is 38.5 Å². The molecule has 1 atom stereocenters. The van der Waals surface area contributed by atoms with E-state index < -0.39 is 30.3 Å². The number of ether oxygens (including phenoxy) is 2. The number of benzene rings is 2. The van der Waals surface area contributed by atoms with Gasteiger partial charge in [-0.1, -0.05) is 30.3 Å². The summed E-state index contributed by atoms with van der Waals surface area (Å²) in [5.74, 6) is -2.40. The number of nitrogens with zero attached hydrogens (tertiary/aromatic N) is 2. The van der Waals surface area contributed by atoms with Crippen molar-refractivity contribution in [2.24, 2.45) is 0 Å². The van der Waals surface area contributed by atoms with E-state index in [0.29, 0.717) is 25.3 Å². The number of carbonyl (C=O) groups excluding carboxylic acids is 4. The summed E-state index contributed by atoms with van der Waals surface area (Å²) in [6, 6.07) is 6.42. The highest BCUT2D eigenvalue weighted by Crippen LogP contribution is 2.34. The second-order valence-corrected chi connectivity index (χ2v) is 8.26. The van der Waals surface area contributed by atoms with Gasteiger partial charge in [-0.15, -0.1) is 0 Å². The summed E-state index contributed by atoms with van der Waals surface area (Å²) in [6.07, 6.45) is -0.0803. The fourth-order valence-electron chi connectivity index (χ4n) is 4.10. The van der Waals surface area contributed by atoms with E-state index in [1.165, 1.54) is 0 Å². The van der Waals surface area contributed by atoms with Crippen LogP contribution in [0, 0.1) is 0 Å². The summed E-state index contributed by atoms with van der Waals surface area (Å²) in [5, 5.41) is 2.14. The smallest absolute Gasteiger partial charge is 0.255 e. The van der Waals surface area contributed by atoms with Gasteiger partial charge in [0.25, 0.3) is 5.91 Å². The van der Waals surface area contributed by atoms with Gasteiger partial charge in [0.2, 0.25) is 17.7 Å². The van der Waals surface area contributed by atoms with Crippen molar-refractivity contribution in [1.29, 1.82) is 0 Å². The van der Waals surface area contributed by atoms with Gasteiger partial charge in [0.1, 0.15) is 25.0 Å². The van der Waals surface area contributed by atoms with E-state index in [4.69, 9.17) is 15.0 Å². The van der Waals surface area contributed by atoms with E-state index in [2.05, 4.69) is 5.32 Å². The van der Waals surface area contributed by atoms with Crippen molar-refractivity contribution in [3.63, 3.8) is 0 Å². The molecule has 0 spiro atoms. The van der Waals surface area contributed by atoms with Crippen LogP contribution in [0.4, 0.5) is 0 Å². The van der Waals surface area contributed by atoms with Crippen LogP contribution in [-0.4, -0.2) is 59.2 Å². The van der Waals surface area contributed by atoms with Crippen LogP contribution in [0.3, 0.4) is 0 Å². The number of hydrogen-bond donors (Lipinski definition) is 1. The molecule has 2 saturated heterocycles. The lowest BCUT2D eigenvalue weighted by atomic mass is 10.0. The van der Waals surface area contributed by atoms with Gasteiger partial charge < -0.3 is 19.3 Å². The highest BCUT2D eigenvalue weighted by molar-refractivity contribution is 6.05. The lowest BCUT2D eigenvalue weighted by molar-refractivity contribution is -0.143. The Labute approximate surface area is 202 Å². The van der Waals surface area contributed by atoms with Crippen molar-refractivity contribution in [2.75, 3.05) is 19.8 Å². The van der Waals surface area contributed by atoms with E-state index in [9.17, 15) is 19.2 Å². The first-order valence-electron chi connectivity index (χ1n) is 13.0. The number of piperidine rings is 1. The number of rotatable bonds is 6. The molecule has 0 aliphatic carbocycles. The number of morpholine rings is 1. The van der Waals surface area contributed by atoms with Crippen LogP contribution in [0.1, 0.15) is 45.4 Å². The molecule has 9 nitrogen and oxygen atoms in total. The molecule has 0 bridgehead atoms. The number of nitrogens with one attached hydrogen (secondary N) is 1. The van der Waals surface area contributed by atoms with E-state index in [1.807, 2.05) is 12.1 Å². The Balaban J connectivity index is 1.37. The third kappa shape index (κ3) is 4.38. The van der Waals surface area contributed by atoms with Gasteiger partial charge in [0.05, 0.1) is 18.6 Å². The van der Waals surface area contributed by atoms with Crippen molar-refractivity contribution < 1.29 is 34.1 Å². The Morgan fingerprint density at radius 1 is 1.15 bits per heavy atom. The summed E-state index contributed by atoms with van der Waals surface area (Å²) in [4.78, 5) is 51.7. The molecular weight excluding hydrogens is 438 g/mol. The molecule has 0 aromatic heterocycles. The maximum atomic E-state index is 13.2. The first-order chi connectivity index (χ1) is 18.1. The highest BCUT2D eigenvalue weighted by Gasteiger charge is 2.40. The Kier molecular flexibility index (Phi) is 4.83. The molecule has 2 aromatic carbocycles. The van der Waals surface area contributed by atoms with Crippen molar-refractivity contribution in [1.82, 2.24) is 15.1 Å². The van der Waals surface area contributed by atoms with Crippen LogP contribution in [0.25, 0.3) is 0 Å². The van der Waals surface area contributed by atoms with Crippen LogP contribution >= 0.6 is 0 Å². The molecule has 3 aliphatic rings. The zero-order valence-corrected chi connectivity index (χ0v) is 18.3. The van der Waals surface area contributed by atoms with E-state index >= 15 is 0 Å². The van der Waals surface area contributed by atoms with Crippen molar-refractivity contribution >= 4 is 23.6 Å². The molecule has 1 N–H and O–H groups in total. The third-order valence-corrected chi connectivity index (χ3v) is 5.97. The van der Waals surface area contributed by atoms with Crippen LogP contribution in [0.5, 0.6) is 5.75 Å². The Hall–Kier alpha value is -3.72. The molecule has 9 heteroatoms. The Bertz CT molecular complexity index is 1330. The quantitative estimate of drug-likeness (QED) is 0.644. The van der Waals surface area contributed by atoms with E-state index in [0.717, 1.165) is 16.5 Å². The molecule has 1 unspecified atom stereocenters. The number of amides is 4. The monoisotopic (exact) mass is 467 g/mol. The molecule has 34 heavy (non-hydrogen) atoms. The zero-order valence-electron chi connectivity index (χ0n) is 22.3. The fraction of sp³-hybridized carbons (Fsp3) is 0.360. The average molecular weight is 468 g/mol.